The van der Waals surface area contributed by atoms with Crippen molar-refractivity contribution in [3.05, 3.63) is 47.7 Å². The summed E-state index contributed by atoms with van der Waals surface area (Å²) in [5.74, 6) is 0.966. The van der Waals surface area contributed by atoms with Gasteiger partial charge in [-0.15, -0.1) is 10.2 Å². The van der Waals surface area contributed by atoms with Crippen LogP contribution in [0.15, 0.2) is 34.7 Å². The van der Waals surface area contributed by atoms with Crippen molar-refractivity contribution in [2.24, 2.45) is 0 Å². The van der Waals surface area contributed by atoms with Gasteiger partial charge in [-0.05, 0) is 12.6 Å². The Morgan fingerprint density at radius 1 is 1.33 bits per heavy atom. The maximum atomic E-state index is 12.7. The van der Waals surface area contributed by atoms with Crippen LogP contribution in [0.4, 0.5) is 0 Å². The lowest BCUT2D eigenvalue weighted by Crippen LogP contribution is -2.47. The number of hydrogen-bond donors (Lipinski definition) is 0. The standard InChI is InChI=1S/C17H22N4O3/c1-13-18-19-17(24-13)15-12-23-9-8-21(15)16(22)11-20(2)10-14-6-4-3-5-7-14/h3-7,15H,8-12H2,1-2H3. The van der Waals surface area contributed by atoms with Crippen LogP contribution in [0.25, 0.3) is 0 Å². The number of aromatic nitrogens is 2. The Kier molecular flexibility index (Phi) is 5.22. The second-order valence-electron chi connectivity index (χ2n) is 6.00. The van der Waals surface area contributed by atoms with E-state index in [4.69, 9.17) is 9.15 Å². The second-order valence-corrected chi connectivity index (χ2v) is 6.00. The molecular weight excluding hydrogens is 308 g/mol. The van der Waals surface area contributed by atoms with E-state index in [9.17, 15) is 4.79 Å². The number of hydrogen-bond acceptors (Lipinski definition) is 6. The van der Waals surface area contributed by atoms with Gasteiger partial charge in [0.25, 0.3) is 0 Å². The first-order chi connectivity index (χ1) is 11.6. The van der Waals surface area contributed by atoms with Crippen molar-refractivity contribution in [2.75, 3.05) is 33.4 Å². The quantitative estimate of drug-likeness (QED) is 0.825. The largest absolute Gasteiger partial charge is 0.423 e. The van der Waals surface area contributed by atoms with Crippen LogP contribution in [0.2, 0.25) is 0 Å². The van der Waals surface area contributed by atoms with Crippen molar-refractivity contribution in [1.29, 1.82) is 0 Å². The van der Waals surface area contributed by atoms with Crippen LogP contribution >= 0.6 is 0 Å². The van der Waals surface area contributed by atoms with Crippen molar-refractivity contribution >= 4 is 5.91 Å². The predicted octanol–water partition coefficient (Wildman–Crippen LogP) is 1.41. The first-order valence-corrected chi connectivity index (χ1v) is 8.03. The third-order valence-electron chi connectivity index (χ3n) is 3.98. The molecule has 2 heterocycles. The summed E-state index contributed by atoms with van der Waals surface area (Å²) in [5, 5.41) is 7.90. The Morgan fingerprint density at radius 3 is 2.83 bits per heavy atom. The lowest BCUT2D eigenvalue weighted by atomic mass is 10.2. The van der Waals surface area contributed by atoms with Gasteiger partial charge in [0.1, 0.15) is 6.04 Å². The summed E-state index contributed by atoms with van der Waals surface area (Å²) >= 11 is 0. The zero-order chi connectivity index (χ0) is 16.9. The fourth-order valence-electron chi connectivity index (χ4n) is 2.83. The van der Waals surface area contributed by atoms with Gasteiger partial charge in [-0.3, -0.25) is 9.69 Å². The number of rotatable bonds is 5. The van der Waals surface area contributed by atoms with Crippen molar-refractivity contribution < 1.29 is 13.9 Å². The van der Waals surface area contributed by atoms with Crippen LogP contribution in [0.1, 0.15) is 23.4 Å². The van der Waals surface area contributed by atoms with E-state index in [1.807, 2.05) is 30.1 Å². The summed E-state index contributed by atoms with van der Waals surface area (Å²) in [6.07, 6.45) is 0. The Hall–Kier alpha value is -2.25. The number of amides is 1. The van der Waals surface area contributed by atoms with Crippen molar-refractivity contribution in [3.8, 4) is 0 Å². The van der Waals surface area contributed by atoms with Crippen LogP contribution in [-0.2, 0) is 16.1 Å². The van der Waals surface area contributed by atoms with Gasteiger partial charge in [-0.1, -0.05) is 30.3 Å². The van der Waals surface area contributed by atoms with Gasteiger partial charge >= 0.3 is 0 Å². The minimum absolute atomic E-state index is 0.0394. The molecule has 1 aromatic carbocycles. The highest BCUT2D eigenvalue weighted by molar-refractivity contribution is 5.78. The Bertz CT molecular complexity index is 673. The first kappa shape index (κ1) is 16.6. The van der Waals surface area contributed by atoms with Gasteiger partial charge < -0.3 is 14.1 Å². The molecule has 3 rings (SSSR count). The molecule has 0 saturated carbocycles. The highest BCUT2D eigenvalue weighted by Crippen LogP contribution is 2.23. The molecular formula is C17H22N4O3. The molecule has 0 N–H and O–H groups in total. The highest BCUT2D eigenvalue weighted by Gasteiger charge is 2.32. The number of likely N-dealkylation sites (N-methyl/N-ethyl adjacent to an activating group) is 1. The maximum Gasteiger partial charge on any atom is 0.241 e. The number of carbonyl (C=O) groups excluding carboxylic acids is 1. The molecule has 1 saturated heterocycles. The average Bonchev–Trinajstić information content (AvgIpc) is 3.02. The summed E-state index contributed by atoms with van der Waals surface area (Å²) in [6.45, 7) is 4.23. The zero-order valence-electron chi connectivity index (χ0n) is 14.0. The molecule has 24 heavy (non-hydrogen) atoms. The van der Waals surface area contributed by atoms with E-state index in [1.165, 1.54) is 5.56 Å². The van der Waals surface area contributed by atoms with Crippen molar-refractivity contribution in [1.82, 2.24) is 20.0 Å². The second kappa shape index (κ2) is 7.55. The number of morpholine rings is 1. The van der Waals surface area contributed by atoms with E-state index in [0.29, 0.717) is 38.1 Å². The van der Waals surface area contributed by atoms with Gasteiger partial charge in [0.15, 0.2) is 0 Å². The maximum absolute atomic E-state index is 12.7. The topological polar surface area (TPSA) is 71.7 Å². The molecule has 1 aromatic heterocycles. The molecule has 2 aromatic rings. The third kappa shape index (κ3) is 3.98. The highest BCUT2D eigenvalue weighted by atomic mass is 16.5. The van der Waals surface area contributed by atoms with E-state index in [2.05, 4.69) is 22.3 Å². The number of nitrogens with zero attached hydrogens (tertiary/aromatic N) is 4. The third-order valence-corrected chi connectivity index (χ3v) is 3.98. The fraction of sp³-hybridized carbons (Fsp3) is 0.471. The molecule has 1 fully saturated rings. The van der Waals surface area contributed by atoms with Gasteiger partial charge in [0, 0.05) is 20.0 Å². The van der Waals surface area contributed by atoms with E-state index in [0.717, 1.165) is 6.54 Å². The number of benzene rings is 1. The molecule has 1 atom stereocenters. The van der Waals surface area contributed by atoms with Crippen LogP contribution in [-0.4, -0.2) is 59.3 Å². The van der Waals surface area contributed by atoms with Crippen LogP contribution in [0.3, 0.4) is 0 Å². The number of aryl methyl sites for hydroxylation is 1. The molecule has 128 valence electrons. The molecule has 0 spiro atoms. The van der Waals surface area contributed by atoms with E-state index < -0.39 is 0 Å². The zero-order valence-corrected chi connectivity index (χ0v) is 14.0. The summed E-state index contributed by atoms with van der Waals surface area (Å²) in [5.41, 5.74) is 1.18. The van der Waals surface area contributed by atoms with Crippen LogP contribution in [0.5, 0.6) is 0 Å². The lowest BCUT2D eigenvalue weighted by Gasteiger charge is -2.34. The van der Waals surface area contributed by atoms with Crippen LogP contribution in [0, 0.1) is 6.92 Å². The van der Waals surface area contributed by atoms with Gasteiger partial charge in [-0.25, -0.2) is 0 Å². The van der Waals surface area contributed by atoms with Crippen molar-refractivity contribution in [3.63, 3.8) is 0 Å². The molecule has 0 radical (unpaired) electrons. The molecule has 1 amide bonds. The number of ether oxygens (including phenoxy) is 1. The monoisotopic (exact) mass is 330 g/mol. The Labute approximate surface area is 141 Å². The molecule has 1 aliphatic rings. The molecule has 0 aliphatic carbocycles. The molecule has 7 heteroatoms. The molecule has 7 nitrogen and oxygen atoms in total. The van der Waals surface area contributed by atoms with Gasteiger partial charge in [-0.2, -0.15) is 0 Å². The summed E-state index contributed by atoms with van der Waals surface area (Å²) in [4.78, 5) is 16.5. The molecule has 0 bridgehead atoms. The summed E-state index contributed by atoms with van der Waals surface area (Å²) in [6, 6.07) is 9.79. The number of carbonyl (C=O) groups is 1. The van der Waals surface area contributed by atoms with Crippen molar-refractivity contribution in [2.45, 2.75) is 19.5 Å². The Balaban J connectivity index is 1.63. The average molecular weight is 330 g/mol. The molecule has 1 unspecified atom stereocenters. The van der Waals surface area contributed by atoms with Gasteiger partial charge in [0.05, 0.1) is 19.8 Å². The smallest absolute Gasteiger partial charge is 0.241 e. The lowest BCUT2D eigenvalue weighted by molar-refractivity contribution is -0.142. The summed E-state index contributed by atoms with van der Waals surface area (Å²) < 4.78 is 11.0. The predicted molar refractivity (Wildman–Crippen MR) is 87.1 cm³/mol. The normalized spacial score (nSPS) is 18.1. The minimum atomic E-state index is -0.308. The van der Waals surface area contributed by atoms with Crippen LogP contribution < -0.4 is 0 Å². The van der Waals surface area contributed by atoms with E-state index in [-0.39, 0.29) is 11.9 Å². The fourth-order valence-corrected chi connectivity index (χ4v) is 2.83. The Morgan fingerprint density at radius 2 is 2.12 bits per heavy atom. The minimum Gasteiger partial charge on any atom is -0.423 e. The van der Waals surface area contributed by atoms with Gasteiger partial charge in [0.2, 0.25) is 17.7 Å². The first-order valence-electron chi connectivity index (χ1n) is 8.03. The SMILES string of the molecule is Cc1nnc(C2COCCN2C(=O)CN(C)Cc2ccccc2)o1. The molecule has 1 aliphatic heterocycles. The summed E-state index contributed by atoms with van der Waals surface area (Å²) in [7, 11) is 1.94. The van der Waals surface area contributed by atoms with E-state index in [1.54, 1.807) is 11.8 Å². The van der Waals surface area contributed by atoms with E-state index >= 15 is 0 Å².